The van der Waals surface area contributed by atoms with Gasteiger partial charge in [-0.3, -0.25) is 14.9 Å². The second kappa shape index (κ2) is 10.8. The van der Waals surface area contributed by atoms with Crippen LogP contribution < -0.4 is 9.47 Å². The molecule has 0 heterocycles. The van der Waals surface area contributed by atoms with Gasteiger partial charge in [-0.15, -0.1) is 0 Å². The Balaban J connectivity index is 1.66. The molecular weight excluding hydrogens is 460 g/mol. The van der Waals surface area contributed by atoms with Gasteiger partial charge in [0.2, 0.25) is 0 Å². The van der Waals surface area contributed by atoms with Gasteiger partial charge in [-0.05, 0) is 42.8 Å². The summed E-state index contributed by atoms with van der Waals surface area (Å²) in [7, 11) is -1.76. The topological polar surface area (TPSA) is 116 Å². The fourth-order valence-electron chi connectivity index (χ4n) is 3.10. The third-order valence-corrected chi connectivity index (χ3v) is 5.97. The van der Waals surface area contributed by atoms with E-state index in [4.69, 9.17) is 9.47 Å². The Labute approximate surface area is 197 Å². The van der Waals surface area contributed by atoms with Crippen molar-refractivity contribution in [3.8, 4) is 17.2 Å². The number of hydrogen-bond acceptors (Lipinski definition) is 7. The predicted octanol–water partition coefficient (Wildman–Crippen LogP) is 4.33. The first-order valence-corrected chi connectivity index (χ1v) is 12.2. The highest BCUT2D eigenvalue weighted by Gasteiger charge is 2.21. The molecule has 34 heavy (non-hydrogen) atoms. The summed E-state index contributed by atoms with van der Waals surface area (Å²) >= 11 is 0. The number of sulfone groups is 1. The Morgan fingerprint density at radius 3 is 2.38 bits per heavy atom. The number of carbonyl (C=O) groups is 1. The lowest BCUT2D eigenvalue weighted by atomic mass is 10.1. The van der Waals surface area contributed by atoms with Crippen molar-refractivity contribution in [2.45, 2.75) is 11.3 Å². The number of nitrogens with zero attached hydrogens (tertiary/aromatic N) is 2. The molecular formula is C24H24N2O7S. The number of para-hydroxylation sites is 1. The Kier molecular flexibility index (Phi) is 7.85. The van der Waals surface area contributed by atoms with Crippen LogP contribution in [0.3, 0.4) is 0 Å². The van der Waals surface area contributed by atoms with Crippen LogP contribution in [0, 0.1) is 10.1 Å². The van der Waals surface area contributed by atoms with Crippen molar-refractivity contribution in [3.63, 3.8) is 0 Å². The molecule has 178 valence electrons. The Morgan fingerprint density at radius 2 is 1.71 bits per heavy atom. The number of carbonyl (C=O) groups excluding carboxylic acids is 1. The van der Waals surface area contributed by atoms with Gasteiger partial charge in [0.05, 0.1) is 22.0 Å². The number of rotatable bonds is 10. The number of nitro benzene ring substituents is 1. The highest BCUT2D eigenvalue weighted by Crippen LogP contribution is 2.29. The molecule has 0 N–H and O–H groups in total. The van der Waals surface area contributed by atoms with E-state index in [1.54, 1.807) is 43.4 Å². The van der Waals surface area contributed by atoms with E-state index in [0.717, 1.165) is 6.26 Å². The Hall–Kier alpha value is -3.92. The lowest BCUT2D eigenvalue weighted by Crippen LogP contribution is -2.29. The molecule has 0 atom stereocenters. The third-order valence-electron chi connectivity index (χ3n) is 4.86. The van der Waals surface area contributed by atoms with Crippen molar-refractivity contribution >= 4 is 21.4 Å². The smallest absolute Gasteiger partial charge is 0.270 e. The number of nitro groups is 1. The summed E-state index contributed by atoms with van der Waals surface area (Å²) in [6.45, 7) is 0.547. The molecule has 9 nitrogen and oxygen atoms in total. The monoisotopic (exact) mass is 484 g/mol. The summed E-state index contributed by atoms with van der Waals surface area (Å²) < 4.78 is 34.8. The zero-order valence-electron chi connectivity index (χ0n) is 18.7. The van der Waals surface area contributed by atoms with Gasteiger partial charge in [0.15, 0.2) is 9.84 Å². The van der Waals surface area contributed by atoms with Gasteiger partial charge in [-0.2, -0.15) is 0 Å². The van der Waals surface area contributed by atoms with Crippen molar-refractivity contribution in [2.75, 3.05) is 26.5 Å². The van der Waals surface area contributed by atoms with E-state index in [0.29, 0.717) is 24.5 Å². The van der Waals surface area contributed by atoms with E-state index in [2.05, 4.69) is 0 Å². The summed E-state index contributed by atoms with van der Waals surface area (Å²) in [5, 5.41) is 11.2. The largest absolute Gasteiger partial charge is 0.493 e. The number of ether oxygens (including phenoxy) is 2. The van der Waals surface area contributed by atoms with Crippen LogP contribution in [-0.4, -0.2) is 50.6 Å². The van der Waals surface area contributed by atoms with E-state index in [9.17, 15) is 23.3 Å². The minimum Gasteiger partial charge on any atom is -0.493 e. The minimum absolute atomic E-state index is 0.0716. The van der Waals surface area contributed by atoms with E-state index in [-0.39, 0.29) is 28.5 Å². The standard InChI is InChI=1S/C24H24N2O7S/c1-25(14-7-15-32-20-10-6-11-21(17-20)34(2,30)31)24(27)22-16-18(26(28)29)12-13-23(22)33-19-8-4-3-5-9-19/h3-6,8-13,16-17H,7,14-15H2,1-2H3. The number of non-ortho nitro benzene ring substituents is 1. The van der Waals surface area contributed by atoms with Gasteiger partial charge >= 0.3 is 0 Å². The first kappa shape index (κ1) is 24.7. The van der Waals surface area contributed by atoms with Crippen molar-refractivity contribution < 1.29 is 27.6 Å². The first-order valence-electron chi connectivity index (χ1n) is 10.3. The molecule has 0 unspecified atom stereocenters. The first-order chi connectivity index (χ1) is 16.1. The van der Waals surface area contributed by atoms with Gasteiger partial charge in [0.1, 0.15) is 17.2 Å². The third kappa shape index (κ3) is 6.55. The van der Waals surface area contributed by atoms with Crippen LogP contribution in [0.1, 0.15) is 16.8 Å². The molecule has 0 spiro atoms. The maximum absolute atomic E-state index is 13.1. The fraction of sp³-hybridized carbons (Fsp3) is 0.208. The maximum Gasteiger partial charge on any atom is 0.270 e. The molecule has 0 radical (unpaired) electrons. The van der Waals surface area contributed by atoms with Crippen LogP contribution in [0.4, 0.5) is 5.69 Å². The number of benzene rings is 3. The molecule has 0 aliphatic rings. The lowest BCUT2D eigenvalue weighted by Gasteiger charge is -2.19. The highest BCUT2D eigenvalue weighted by atomic mass is 32.2. The minimum atomic E-state index is -3.34. The Morgan fingerprint density at radius 1 is 1.00 bits per heavy atom. The molecule has 3 aromatic rings. The highest BCUT2D eigenvalue weighted by molar-refractivity contribution is 7.90. The summed E-state index contributed by atoms with van der Waals surface area (Å²) in [6, 6.07) is 18.9. The maximum atomic E-state index is 13.1. The SMILES string of the molecule is CN(CCCOc1cccc(S(C)(=O)=O)c1)C(=O)c1cc([N+](=O)[O-])ccc1Oc1ccccc1. The summed E-state index contributed by atoms with van der Waals surface area (Å²) in [6.07, 6.45) is 1.57. The van der Waals surface area contributed by atoms with Crippen LogP contribution in [0.25, 0.3) is 0 Å². The fourth-order valence-corrected chi connectivity index (χ4v) is 3.75. The molecule has 3 aromatic carbocycles. The van der Waals surface area contributed by atoms with Crippen LogP contribution in [-0.2, 0) is 9.84 Å². The van der Waals surface area contributed by atoms with E-state index in [1.807, 2.05) is 6.07 Å². The van der Waals surface area contributed by atoms with Crippen molar-refractivity contribution in [3.05, 3.63) is 88.5 Å². The molecule has 0 saturated heterocycles. The molecule has 0 aliphatic heterocycles. The van der Waals surface area contributed by atoms with Crippen LogP contribution in [0.15, 0.2) is 77.7 Å². The van der Waals surface area contributed by atoms with E-state index in [1.165, 1.54) is 35.2 Å². The van der Waals surface area contributed by atoms with Gasteiger partial charge < -0.3 is 14.4 Å². The van der Waals surface area contributed by atoms with Crippen molar-refractivity contribution in [2.24, 2.45) is 0 Å². The molecule has 3 rings (SSSR count). The average Bonchev–Trinajstić information content (AvgIpc) is 2.81. The molecule has 0 fully saturated rings. The van der Waals surface area contributed by atoms with E-state index < -0.39 is 20.7 Å². The Bertz CT molecular complexity index is 1280. The van der Waals surface area contributed by atoms with Crippen molar-refractivity contribution in [1.29, 1.82) is 0 Å². The quantitative estimate of drug-likeness (QED) is 0.239. The second-order valence-electron chi connectivity index (χ2n) is 7.53. The zero-order valence-corrected chi connectivity index (χ0v) is 19.5. The molecule has 0 aromatic heterocycles. The lowest BCUT2D eigenvalue weighted by molar-refractivity contribution is -0.384. The van der Waals surface area contributed by atoms with Crippen LogP contribution in [0.5, 0.6) is 17.2 Å². The molecule has 0 aliphatic carbocycles. The van der Waals surface area contributed by atoms with Crippen LogP contribution in [0.2, 0.25) is 0 Å². The number of hydrogen-bond donors (Lipinski definition) is 0. The molecule has 1 amide bonds. The molecule has 0 bridgehead atoms. The van der Waals surface area contributed by atoms with Gasteiger partial charge in [-0.1, -0.05) is 24.3 Å². The molecule has 10 heteroatoms. The van der Waals surface area contributed by atoms with Crippen LogP contribution >= 0.6 is 0 Å². The van der Waals surface area contributed by atoms with Gasteiger partial charge in [-0.25, -0.2) is 8.42 Å². The normalized spacial score (nSPS) is 11.0. The number of amides is 1. The predicted molar refractivity (Wildman–Crippen MR) is 126 cm³/mol. The summed E-state index contributed by atoms with van der Waals surface area (Å²) in [4.78, 5) is 25.3. The second-order valence-corrected chi connectivity index (χ2v) is 9.54. The summed E-state index contributed by atoms with van der Waals surface area (Å²) in [5.74, 6) is 0.683. The zero-order chi connectivity index (χ0) is 24.7. The molecule has 0 saturated carbocycles. The summed E-state index contributed by atoms with van der Waals surface area (Å²) in [5.41, 5.74) is -0.145. The van der Waals surface area contributed by atoms with Crippen molar-refractivity contribution in [1.82, 2.24) is 4.90 Å². The van der Waals surface area contributed by atoms with Gasteiger partial charge in [0.25, 0.3) is 11.6 Å². The van der Waals surface area contributed by atoms with E-state index >= 15 is 0 Å². The average molecular weight is 485 g/mol. The van der Waals surface area contributed by atoms with Gasteiger partial charge in [0, 0.05) is 32.0 Å².